The molecule has 2 unspecified atom stereocenters. The van der Waals surface area contributed by atoms with Gasteiger partial charge in [0, 0.05) is 31.4 Å². The van der Waals surface area contributed by atoms with Crippen LogP contribution in [0, 0.1) is 11.2 Å². The molecule has 0 aromatic heterocycles. The molecule has 122 valence electrons. The Labute approximate surface area is 131 Å². The van der Waals surface area contributed by atoms with E-state index < -0.39 is 6.09 Å². The Kier molecular flexibility index (Phi) is 4.63. The summed E-state index contributed by atoms with van der Waals surface area (Å²) < 4.78 is 13.1. The molecule has 2 rings (SSSR count). The molecule has 0 saturated carbocycles. The number of carbonyl (C=O) groups is 1. The highest BCUT2D eigenvalue weighted by atomic mass is 19.1. The van der Waals surface area contributed by atoms with Gasteiger partial charge in [0.25, 0.3) is 0 Å². The average molecular weight is 308 g/mol. The molecule has 2 atom stereocenters. The zero-order chi connectivity index (χ0) is 16.5. The maximum atomic E-state index is 13.1. The van der Waals surface area contributed by atoms with Crippen molar-refractivity contribution in [3.8, 4) is 0 Å². The summed E-state index contributed by atoms with van der Waals surface area (Å²) in [5, 5.41) is 9.42. The van der Waals surface area contributed by atoms with Crippen LogP contribution in [0.5, 0.6) is 0 Å². The predicted octanol–water partition coefficient (Wildman–Crippen LogP) is 3.82. The standard InChI is InChI=1S/C17H25FN2O2/c1-17(2,3)15-11-14(9-10-20(15)16(21)22)19(4)13-7-5-12(18)6-8-13/h5-8,14-15H,9-11H2,1-4H3,(H,21,22). The summed E-state index contributed by atoms with van der Waals surface area (Å²) >= 11 is 0. The summed E-state index contributed by atoms with van der Waals surface area (Å²) in [7, 11) is 1.99. The number of piperidine rings is 1. The number of likely N-dealkylation sites (tertiary alicyclic amines) is 1. The summed E-state index contributed by atoms with van der Waals surface area (Å²) in [6.07, 6.45) is 0.721. The van der Waals surface area contributed by atoms with Gasteiger partial charge in [-0.3, -0.25) is 0 Å². The average Bonchev–Trinajstić information content (AvgIpc) is 2.45. The summed E-state index contributed by atoms with van der Waals surface area (Å²) in [4.78, 5) is 15.2. The molecule has 5 heteroatoms. The molecule has 1 aromatic rings. The van der Waals surface area contributed by atoms with Gasteiger partial charge < -0.3 is 14.9 Å². The van der Waals surface area contributed by atoms with Crippen molar-refractivity contribution in [3.05, 3.63) is 30.1 Å². The SMILES string of the molecule is CN(c1ccc(F)cc1)C1CCN(C(=O)O)C(C(C)(C)C)C1. The first-order valence-corrected chi connectivity index (χ1v) is 7.68. The molecule has 1 heterocycles. The van der Waals surface area contributed by atoms with Crippen LogP contribution in [-0.4, -0.2) is 41.8 Å². The molecule has 1 aliphatic heterocycles. The zero-order valence-electron chi connectivity index (χ0n) is 13.7. The van der Waals surface area contributed by atoms with Gasteiger partial charge in [-0.15, -0.1) is 0 Å². The number of nitrogens with zero attached hydrogens (tertiary/aromatic N) is 2. The van der Waals surface area contributed by atoms with Gasteiger partial charge in [0.05, 0.1) is 0 Å². The fourth-order valence-corrected chi connectivity index (χ4v) is 3.24. The Morgan fingerprint density at radius 3 is 2.41 bits per heavy atom. The first-order valence-electron chi connectivity index (χ1n) is 7.68. The Morgan fingerprint density at radius 2 is 1.91 bits per heavy atom. The van der Waals surface area contributed by atoms with Crippen molar-refractivity contribution in [2.75, 3.05) is 18.5 Å². The van der Waals surface area contributed by atoms with Crippen molar-refractivity contribution in [2.45, 2.75) is 45.7 Å². The highest BCUT2D eigenvalue weighted by molar-refractivity contribution is 5.66. The van der Waals surface area contributed by atoms with Crippen LogP contribution in [0.25, 0.3) is 0 Å². The first-order chi connectivity index (χ1) is 10.2. The molecule has 0 aliphatic carbocycles. The van der Waals surface area contributed by atoms with E-state index in [0.717, 1.165) is 18.5 Å². The third-order valence-electron chi connectivity index (χ3n) is 4.60. The highest BCUT2D eigenvalue weighted by Gasteiger charge is 2.39. The number of anilines is 1. The van der Waals surface area contributed by atoms with Gasteiger partial charge in [0.15, 0.2) is 0 Å². The maximum absolute atomic E-state index is 13.1. The van der Waals surface area contributed by atoms with Crippen LogP contribution in [0.3, 0.4) is 0 Å². The molecule has 4 nitrogen and oxygen atoms in total. The lowest BCUT2D eigenvalue weighted by Gasteiger charge is -2.47. The lowest BCUT2D eigenvalue weighted by molar-refractivity contribution is 0.0528. The number of hydrogen-bond acceptors (Lipinski definition) is 2. The minimum atomic E-state index is -0.845. The van der Waals surface area contributed by atoms with Gasteiger partial charge in [0.1, 0.15) is 5.82 Å². The summed E-state index contributed by atoms with van der Waals surface area (Å²) in [5.74, 6) is -0.245. The second-order valence-corrected chi connectivity index (χ2v) is 7.12. The molecule has 0 bridgehead atoms. The minimum absolute atomic E-state index is 0.0216. The molecule has 1 aliphatic rings. The monoisotopic (exact) mass is 308 g/mol. The number of rotatable bonds is 2. The second-order valence-electron chi connectivity index (χ2n) is 7.12. The minimum Gasteiger partial charge on any atom is -0.465 e. The quantitative estimate of drug-likeness (QED) is 0.903. The van der Waals surface area contributed by atoms with E-state index in [0.29, 0.717) is 6.54 Å². The van der Waals surface area contributed by atoms with Crippen molar-refractivity contribution in [1.29, 1.82) is 0 Å². The molecule has 22 heavy (non-hydrogen) atoms. The summed E-state index contributed by atoms with van der Waals surface area (Å²) in [6, 6.07) is 6.69. The number of benzene rings is 1. The van der Waals surface area contributed by atoms with Gasteiger partial charge >= 0.3 is 6.09 Å². The Hall–Kier alpha value is -1.78. The molecule has 0 radical (unpaired) electrons. The summed E-state index contributed by atoms with van der Waals surface area (Å²) in [5.41, 5.74) is 0.851. The third-order valence-corrected chi connectivity index (χ3v) is 4.60. The third kappa shape index (κ3) is 3.51. The van der Waals surface area contributed by atoms with E-state index in [2.05, 4.69) is 25.7 Å². The topological polar surface area (TPSA) is 43.8 Å². The number of halogens is 1. The van der Waals surface area contributed by atoms with Gasteiger partial charge in [-0.05, 0) is 42.5 Å². The fraction of sp³-hybridized carbons (Fsp3) is 0.588. The van der Waals surface area contributed by atoms with Crippen LogP contribution in [0.1, 0.15) is 33.6 Å². The van der Waals surface area contributed by atoms with E-state index >= 15 is 0 Å². The van der Waals surface area contributed by atoms with Crippen LogP contribution in [0.2, 0.25) is 0 Å². The lowest BCUT2D eigenvalue weighted by Crippen LogP contribution is -2.55. The van der Waals surface area contributed by atoms with Crippen LogP contribution in [0.4, 0.5) is 14.9 Å². The first kappa shape index (κ1) is 16.6. The predicted molar refractivity (Wildman–Crippen MR) is 85.8 cm³/mol. The molecule has 1 saturated heterocycles. The van der Waals surface area contributed by atoms with E-state index in [1.807, 2.05) is 7.05 Å². The Bertz CT molecular complexity index is 524. The number of hydrogen-bond donors (Lipinski definition) is 1. The van der Waals surface area contributed by atoms with E-state index in [1.165, 1.54) is 12.1 Å². The smallest absolute Gasteiger partial charge is 0.407 e. The highest BCUT2D eigenvalue weighted by Crippen LogP contribution is 2.34. The van der Waals surface area contributed by atoms with Crippen LogP contribution in [0.15, 0.2) is 24.3 Å². The Morgan fingerprint density at radius 1 is 1.32 bits per heavy atom. The van der Waals surface area contributed by atoms with E-state index in [-0.39, 0.29) is 23.3 Å². The zero-order valence-corrected chi connectivity index (χ0v) is 13.7. The van der Waals surface area contributed by atoms with Gasteiger partial charge in [-0.1, -0.05) is 20.8 Å². The van der Waals surface area contributed by atoms with E-state index in [9.17, 15) is 14.3 Å². The van der Waals surface area contributed by atoms with Crippen molar-refractivity contribution in [3.63, 3.8) is 0 Å². The maximum Gasteiger partial charge on any atom is 0.407 e. The molecule has 1 amide bonds. The number of amides is 1. The molecular weight excluding hydrogens is 283 g/mol. The van der Waals surface area contributed by atoms with E-state index in [4.69, 9.17) is 0 Å². The molecule has 0 spiro atoms. The normalized spacial score (nSPS) is 22.5. The van der Waals surface area contributed by atoms with Gasteiger partial charge in [-0.25, -0.2) is 9.18 Å². The van der Waals surface area contributed by atoms with Crippen molar-refractivity contribution >= 4 is 11.8 Å². The molecular formula is C17H25FN2O2. The van der Waals surface area contributed by atoms with Crippen LogP contribution in [-0.2, 0) is 0 Å². The Balaban J connectivity index is 2.16. The van der Waals surface area contributed by atoms with Gasteiger partial charge in [0.2, 0.25) is 0 Å². The largest absolute Gasteiger partial charge is 0.465 e. The van der Waals surface area contributed by atoms with E-state index in [1.54, 1.807) is 17.0 Å². The fourth-order valence-electron chi connectivity index (χ4n) is 3.24. The number of carboxylic acid groups (broad SMARTS) is 1. The second kappa shape index (κ2) is 6.15. The molecule has 1 fully saturated rings. The molecule has 1 N–H and O–H groups in total. The van der Waals surface area contributed by atoms with Crippen molar-refractivity contribution in [2.24, 2.45) is 5.41 Å². The van der Waals surface area contributed by atoms with Gasteiger partial charge in [-0.2, -0.15) is 0 Å². The summed E-state index contributed by atoms with van der Waals surface area (Å²) in [6.45, 7) is 6.77. The van der Waals surface area contributed by atoms with Crippen LogP contribution >= 0.6 is 0 Å². The van der Waals surface area contributed by atoms with Crippen molar-refractivity contribution < 1.29 is 14.3 Å². The molecule has 1 aromatic carbocycles. The van der Waals surface area contributed by atoms with Crippen molar-refractivity contribution in [1.82, 2.24) is 4.90 Å². The lowest BCUT2D eigenvalue weighted by atomic mass is 9.79. The van der Waals surface area contributed by atoms with Crippen LogP contribution < -0.4 is 4.90 Å².